The van der Waals surface area contributed by atoms with Crippen molar-refractivity contribution in [2.75, 3.05) is 12.4 Å². The fourth-order valence-electron chi connectivity index (χ4n) is 3.34. The molecule has 1 unspecified atom stereocenters. The van der Waals surface area contributed by atoms with Crippen LogP contribution in [0.5, 0.6) is 11.5 Å². The van der Waals surface area contributed by atoms with Crippen LogP contribution in [-0.4, -0.2) is 34.3 Å². The average Bonchev–Trinajstić information content (AvgIpc) is 3.26. The average molecular weight is 498 g/mol. The summed E-state index contributed by atoms with van der Waals surface area (Å²) in [5, 5.41) is 5.02. The number of carbonyl (C=O) groups is 2. The van der Waals surface area contributed by atoms with Crippen molar-refractivity contribution in [3.05, 3.63) is 77.9 Å². The lowest BCUT2D eigenvalue weighted by Crippen LogP contribution is -2.35. The van der Waals surface area contributed by atoms with Gasteiger partial charge in [-0.15, -0.1) is 11.8 Å². The third-order valence-electron chi connectivity index (χ3n) is 4.92. The Bertz CT molecular complexity index is 1240. The molecular weight excluding hydrogens is 477 g/mol. The monoisotopic (exact) mass is 497 g/mol. The third kappa shape index (κ3) is 5.70. The molecule has 0 saturated heterocycles. The standard InChI is InChI=1S/C24H20FN3O4S2/c1-31-23(30)20-13-17-22(34-20)19(9-10-26-17)32-18-8-7-15(12-16(18)25)27-24(33)28-21(29)11-14-5-3-2-4-6-14/h2-10,12,20H,11,13H2,1H3,(H2,27,28,29,33). The topological polar surface area (TPSA) is 89.6 Å². The third-order valence-corrected chi connectivity index (χ3v) is 6.44. The van der Waals surface area contributed by atoms with Crippen LogP contribution in [0.3, 0.4) is 0 Å². The van der Waals surface area contributed by atoms with Crippen LogP contribution < -0.4 is 15.4 Å². The number of ether oxygens (including phenoxy) is 2. The fraction of sp³-hybridized carbons (Fsp3) is 0.167. The Morgan fingerprint density at radius 2 is 1.97 bits per heavy atom. The highest BCUT2D eigenvalue weighted by atomic mass is 32.2. The molecule has 2 aromatic carbocycles. The number of amides is 1. The van der Waals surface area contributed by atoms with Crippen LogP contribution in [0.25, 0.3) is 0 Å². The lowest BCUT2D eigenvalue weighted by atomic mass is 10.1. The number of hydrogen-bond donors (Lipinski definition) is 2. The van der Waals surface area contributed by atoms with E-state index in [0.717, 1.165) is 5.56 Å². The fourth-order valence-corrected chi connectivity index (χ4v) is 4.79. The number of rotatable bonds is 6. The number of benzene rings is 2. The van der Waals surface area contributed by atoms with Gasteiger partial charge in [0.25, 0.3) is 0 Å². The molecule has 0 bridgehead atoms. The van der Waals surface area contributed by atoms with E-state index in [-0.39, 0.29) is 29.2 Å². The molecule has 1 aromatic heterocycles. The summed E-state index contributed by atoms with van der Waals surface area (Å²) in [6, 6.07) is 15.1. The number of hydrogen-bond acceptors (Lipinski definition) is 7. The number of carbonyl (C=O) groups excluding carboxylic acids is 2. The van der Waals surface area contributed by atoms with Crippen LogP contribution in [-0.2, 0) is 27.2 Å². The van der Waals surface area contributed by atoms with Gasteiger partial charge < -0.3 is 20.1 Å². The number of esters is 1. The van der Waals surface area contributed by atoms with E-state index in [1.54, 1.807) is 18.3 Å². The summed E-state index contributed by atoms with van der Waals surface area (Å²) in [5.74, 6) is -0.841. The normalized spacial score (nSPS) is 14.1. The second kappa shape index (κ2) is 10.6. The predicted molar refractivity (Wildman–Crippen MR) is 131 cm³/mol. The van der Waals surface area contributed by atoms with E-state index >= 15 is 0 Å². The van der Waals surface area contributed by atoms with Gasteiger partial charge in [-0.25, -0.2) is 4.39 Å². The van der Waals surface area contributed by atoms with Gasteiger partial charge >= 0.3 is 5.97 Å². The molecule has 0 fully saturated rings. The molecule has 0 spiro atoms. The molecule has 4 rings (SSSR count). The number of nitrogens with zero attached hydrogens (tertiary/aromatic N) is 1. The quantitative estimate of drug-likeness (QED) is 0.386. The minimum absolute atomic E-state index is 0.0000922. The summed E-state index contributed by atoms with van der Waals surface area (Å²) in [4.78, 5) is 29.0. The van der Waals surface area contributed by atoms with Gasteiger partial charge in [-0.3, -0.25) is 14.6 Å². The highest BCUT2D eigenvalue weighted by molar-refractivity contribution is 8.01. The van der Waals surface area contributed by atoms with Crippen molar-refractivity contribution in [3.8, 4) is 11.5 Å². The van der Waals surface area contributed by atoms with Gasteiger partial charge in [0, 0.05) is 30.4 Å². The van der Waals surface area contributed by atoms with Gasteiger partial charge in [0.2, 0.25) is 5.91 Å². The molecular formula is C24H20FN3O4S2. The first-order chi connectivity index (χ1) is 16.4. The van der Waals surface area contributed by atoms with E-state index in [2.05, 4.69) is 15.6 Å². The van der Waals surface area contributed by atoms with Crippen molar-refractivity contribution >= 4 is 46.7 Å². The van der Waals surface area contributed by atoms with Gasteiger partial charge in [-0.1, -0.05) is 30.3 Å². The number of methoxy groups -OCH3 is 1. The molecule has 10 heteroatoms. The second-order valence-corrected chi connectivity index (χ2v) is 8.95. The summed E-state index contributed by atoms with van der Waals surface area (Å²) < 4.78 is 25.4. The summed E-state index contributed by atoms with van der Waals surface area (Å²) in [5.41, 5.74) is 1.91. The first-order valence-corrected chi connectivity index (χ1v) is 11.6. The van der Waals surface area contributed by atoms with Crippen LogP contribution in [0, 0.1) is 5.82 Å². The summed E-state index contributed by atoms with van der Waals surface area (Å²) >= 11 is 6.45. The van der Waals surface area contributed by atoms with E-state index in [1.165, 1.54) is 31.0 Å². The number of thioether (sulfide) groups is 1. The Balaban J connectivity index is 1.38. The molecule has 1 amide bonds. The predicted octanol–water partition coefficient (Wildman–Crippen LogP) is 4.26. The van der Waals surface area contributed by atoms with Gasteiger partial charge in [0.15, 0.2) is 16.7 Å². The van der Waals surface area contributed by atoms with Crippen LogP contribution >= 0.6 is 24.0 Å². The van der Waals surface area contributed by atoms with Crippen LogP contribution in [0.1, 0.15) is 11.3 Å². The van der Waals surface area contributed by atoms with Crippen LogP contribution in [0.4, 0.5) is 10.1 Å². The number of fused-ring (bicyclic) bond motifs is 1. The second-order valence-electron chi connectivity index (χ2n) is 7.33. The van der Waals surface area contributed by atoms with Crippen molar-refractivity contribution in [3.63, 3.8) is 0 Å². The number of anilines is 1. The SMILES string of the molecule is COC(=O)C1Cc2nccc(Oc3ccc(NC(=S)NC(=O)Cc4ccccc4)cc3F)c2S1. The molecule has 34 heavy (non-hydrogen) atoms. The van der Waals surface area contributed by atoms with E-state index < -0.39 is 11.1 Å². The molecule has 1 aliphatic rings. The molecule has 2 heterocycles. The summed E-state index contributed by atoms with van der Waals surface area (Å²) in [6.07, 6.45) is 2.15. The molecule has 0 radical (unpaired) electrons. The largest absolute Gasteiger partial charge is 0.468 e. The van der Waals surface area contributed by atoms with E-state index in [4.69, 9.17) is 21.7 Å². The van der Waals surface area contributed by atoms with Gasteiger partial charge in [0.05, 0.1) is 24.1 Å². The minimum Gasteiger partial charge on any atom is -0.468 e. The van der Waals surface area contributed by atoms with Crippen molar-refractivity contribution in [2.45, 2.75) is 23.0 Å². The smallest absolute Gasteiger partial charge is 0.319 e. The summed E-state index contributed by atoms with van der Waals surface area (Å²) in [7, 11) is 1.34. The van der Waals surface area contributed by atoms with Crippen molar-refractivity contribution < 1.29 is 23.5 Å². The molecule has 1 atom stereocenters. The number of pyridine rings is 1. The minimum atomic E-state index is -0.624. The molecule has 0 saturated carbocycles. The maximum absolute atomic E-state index is 14.8. The van der Waals surface area contributed by atoms with E-state index in [0.29, 0.717) is 28.4 Å². The first kappa shape index (κ1) is 23.7. The van der Waals surface area contributed by atoms with Crippen LogP contribution in [0.15, 0.2) is 65.7 Å². The van der Waals surface area contributed by atoms with Gasteiger partial charge in [-0.2, -0.15) is 0 Å². The Hall–Kier alpha value is -3.50. The molecule has 3 aromatic rings. The number of nitrogens with one attached hydrogen (secondary N) is 2. The zero-order chi connectivity index (χ0) is 24.1. The maximum atomic E-state index is 14.8. The Morgan fingerprint density at radius 3 is 2.71 bits per heavy atom. The molecule has 7 nitrogen and oxygen atoms in total. The number of thiocarbonyl (C=S) groups is 1. The number of halogens is 1. The lowest BCUT2D eigenvalue weighted by molar-refractivity contribution is -0.139. The highest BCUT2D eigenvalue weighted by Gasteiger charge is 2.32. The maximum Gasteiger partial charge on any atom is 0.319 e. The zero-order valence-electron chi connectivity index (χ0n) is 18.0. The molecule has 174 valence electrons. The zero-order valence-corrected chi connectivity index (χ0v) is 19.7. The highest BCUT2D eigenvalue weighted by Crippen LogP contribution is 2.44. The number of aromatic nitrogens is 1. The first-order valence-electron chi connectivity index (χ1n) is 10.3. The van der Waals surface area contributed by atoms with Crippen molar-refractivity contribution in [1.82, 2.24) is 10.3 Å². The van der Waals surface area contributed by atoms with Crippen molar-refractivity contribution in [2.24, 2.45) is 0 Å². The Morgan fingerprint density at radius 1 is 1.18 bits per heavy atom. The van der Waals surface area contributed by atoms with E-state index in [9.17, 15) is 14.0 Å². The lowest BCUT2D eigenvalue weighted by Gasteiger charge is -2.13. The molecule has 1 aliphatic heterocycles. The Labute approximate surface area is 205 Å². The van der Waals surface area contributed by atoms with Crippen molar-refractivity contribution in [1.29, 1.82) is 0 Å². The molecule has 0 aliphatic carbocycles. The van der Waals surface area contributed by atoms with E-state index in [1.807, 2.05) is 30.3 Å². The summed E-state index contributed by atoms with van der Waals surface area (Å²) in [6.45, 7) is 0. The Kier molecular flexibility index (Phi) is 7.39. The van der Waals surface area contributed by atoms with Gasteiger partial charge in [0.1, 0.15) is 11.0 Å². The molecule has 2 N–H and O–H groups in total. The van der Waals surface area contributed by atoms with Gasteiger partial charge in [-0.05, 0) is 29.9 Å². The van der Waals surface area contributed by atoms with Crippen LogP contribution in [0.2, 0.25) is 0 Å².